The Kier molecular flexibility index (Phi) is 4.43. The molecule has 0 saturated carbocycles. The van der Waals surface area contributed by atoms with Crippen LogP contribution in [0.25, 0.3) is 0 Å². The number of nitrogens with zero attached hydrogens (tertiary/aromatic N) is 1. The third-order valence-corrected chi connectivity index (χ3v) is 4.81. The molecule has 3 aromatic rings. The monoisotopic (exact) mass is 355 g/mol. The maximum atomic E-state index is 13.0. The number of thiophene rings is 1. The van der Waals surface area contributed by atoms with Crippen molar-refractivity contribution in [1.29, 1.82) is 0 Å². The molecule has 0 aliphatic carbocycles. The van der Waals surface area contributed by atoms with Gasteiger partial charge in [-0.15, -0.1) is 11.3 Å². The first-order valence-electron chi connectivity index (χ1n) is 8.01. The summed E-state index contributed by atoms with van der Waals surface area (Å²) in [6, 6.07) is 15.1. The maximum absolute atomic E-state index is 13.0. The largest absolute Gasteiger partial charge is 0.485 e. The van der Waals surface area contributed by atoms with E-state index in [0.717, 1.165) is 10.6 Å². The Balaban J connectivity index is 1.53. The molecule has 0 spiro atoms. The van der Waals surface area contributed by atoms with E-state index in [0.29, 0.717) is 24.6 Å². The van der Waals surface area contributed by atoms with Gasteiger partial charge in [-0.1, -0.05) is 18.2 Å². The van der Waals surface area contributed by atoms with Crippen molar-refractivity contribution < 1.29 is 18.7 Å². The molecule has 4 rings (SSSR count). The van der Waals surface area contributed by atoms with Crippen LogP contribution in [0.1, 0.15) is 10.6 Å². The lowest BCUT2D eigenvalue weighted by Crippen LogP contribution is -2.45. The van der Waals surface area contributed by atoms with Gasteiger partial charge in [-0.3, -0.25) is 4.79 Å². The predicted octanol–water partition coefficient (Wildman–Crippen LogP) is 3.71. The fourth-order valence-corrected chi connectivity index (χ4v) is 3.46. The highest BCUT2D eigenvalue weighted by Crippen LogP contribution is 2.31. The quantitative estimate of drug-likeness (QED) is 0.700. The van der Waals surface area contributed by atoms with Gasteiger partial charge in [0.15, 0.2) is 11.5 Å². The van der Waals surface area contributed by atoms with Crippen molar-refractivity contribution >= 4 is 17.2 Å². The number of hydrogen-bond donors (Lipinski definition) is 0. The highest BCUT2D eigenvalue weighted by atomic mass is 32.1. The average Bonchev–Trinajstić information content (AvgIpc) is 3.34. The topological polar surface area (TPSA) is 51.9 Å². The Morgan fingerprint density at radius 3 is 2.72 bits per heavy atom. The van der Waals surface area contributed by atoms with Crippen molar-refractivity contribution in [1.82, 2.24) is 4.90 Å². The first-order valence-corrected chi connectivity index (χ1v) is 8.89. The molecule has 128 valence electrons. The Morgan fingerprint density at radius 2 is 1.96 bits per heavy atom. The lowest BCUT2D eigenvalue weighted by molar-refractivity contribution is -0.142. The minimum atomic E-state index is -0.662. The fraction of sp³-hybridized carbons (Fsp3) is 0.211. The van der Waals surface area contributed by atoms with Gasteiger partial charge in [-0.05, 0) is 35.7 Å². The van der Waals surface area contributed by atoms with Gasteiger partial charge in [-0.25, -0.2) is 0 Å². The number of amides is 1. The Labute approximate surface area is 149 Å². The standard InChI is InChI=1S/C19H17NO4S/c21-19(18-13-23-16-7-1-2-8-17(16)24-18)20(11-14-5-3-9-22-14)12-15-6-4-10-25-15/h1-10,18H,11-13H2. The molecule has 0 N–H and O–H groups in total. The van der Waals surface area contributed by atoms with Gasteiger partial charge >= 0.3 is 0 Å². The zero-order valence-electron chi connectivity index (χ0n) is 13.5. The molecule has 2 aromatic heterocycles. The van der Waals surface area contributed by atoms with Crippen LogP contribution in [-0.4, -0.2) is 23.5 Å². The molecule has 1 aliphatic heterocycles. The maximum Gasteiger partial charge on any atom is 0.268 e. The number of hydrogen-bond acceptors (Lipinski definition) is 5. The second-order valence-electron chi connectivity index (χ2n) is 5.72. The van der Waals surface area contributed by atoms with E-state index in [-0.39, 0.29) is 12.5 Å². The first kappa shape index (κ1) is 15.8. The normalized spacial score (nSPS) is 15.8. The van der Waals surface area contributed by atoms with Crippen molar-refractivity contribution in [2.24, 2.45) is 0 Å². The number of carbonyl (C=O) groups excluding carboxylic acids is 1. The van der Waals surface area contributed by atoms with E-state index in [9.17, 15) is 4.79 Å². The minimum Gasteiger partial charge on any atom is -0.485 e. The van der Waals surface area contributed by atoms with Crippen LogP contribution >= 0.6 is 11.3 Å². The lowest BCUT2D eigenvalue weighted by atomic mass is 10.2. The van der Waals surface area contributed by atoms with Gasteiger partial charge in [0, 0.05) is 4.88 Å². The number of fused-ring (bicyclic) bond motifs is 1. The molecule has 25 heavy (non-hydrogen) atoms. The highest BCUT2D eigenvalue weighted by molar-refractivity contribution is 7.09. The summed E-state index contributed by atoms with van der Waals surface area (Å²) < 4.78 is 17.0. The minimum absolute atomic E-state index is 0.112. The second-order valence-corrected chi connectivity index (χ2v) is 6.75. The SMILES string of the molecule is O=C(C1COc2ccccc2O1)N(Cc1ccco1)Cc1cccs1. The van der Waals surface area contributed by atoms with E-state index < -0.39 is 6.10 Å². The molecule has 5 nitrogen and oxygen atoms in total. The van der Waals surface area contributed by atoms with E-state index in [1.54, 1.807) is 22.5 Å². The van der Waals surface area contributed by atoms with E-state index in [4.69, 9.17) is 13.9 Å². The first-order chi connectivity index (χ1) is 12.3. The number of para-hydroxylation sites is 2. The molecule has 1 aliphatic rings. The molecular weight excluding hydrogens is 338 g/mol. The summed E-state index contributed by atoms with van der Waals surface area (Å²) in [4.78, 5) is 15.9. The number of ether oxygens (including phenoxy) is 2. The van der Waals surface area contributed by atoms with E-state index in [1.165, 1.54) is 0 Å². The van der Waals surface area contributed by atoms with Crippen LogP contribution in [0.4, 0.5) is 0 Å². The van der Waals surface area contributed by atoms with Crippen LogP contribution in [0.3, 0.4) is 0 Å². The summed E-state index contributed by atoms with van der Waals surface area (Å²) >= 11 is 1.62. The molecule has 0 fully saturated rings. The summed E-state index contributed by atoms with van der Waals surface area (Å²) in [6.07, 6.45) is 0.949. The smallest absolute Gasteiger partial charge is 0.268 e. The number of carbonyl (C=O) groups is 1. The highest BCUT2D eigenvalue weighted by Gasteiger charge is 2.31. The van der Waals surface area contributed by atoms with Gasteiger partial charge in [0.05, 0.1) is 19.4 Å². The summed E-state index contributed by atoms with van der Waals surface area (Å²) in [5.74, 6) is 1.89. The van der Waals surface area contributed by atoms with E-state index >= 15 is 0 Å². The van der Waals surface area contributed by atoms with Crippen molar-refractivity contribution in [2.75, 3.05) is 6.61 Å². The van der Waals surface area contributed by atoms with Crippen molar-refractivity contribution in [2.45, 2.75) is 19.2 Å². The molecular formula is C19H17NO4S. The number of benzene rings is 1. The van der Waals surface area contributed by atoms with Gasteiger partial charge in [0.1, 0.15) is 12.4 Å². The molecule has 1 unspecified atom stereocenters. The fourth-order valence-electron chi connectivity index (χ4n) is 2.74. The number of furan rings is 1. The van der Waals surface area contributed by atoms with Crippen LogP contribution < -0.4 is 9.47 Å². The second kappa shape index (κ2) is 7.03. The molecule has 6 heteroatoms. The molecule has 0 saturated heterocycles. The Morgan fingerprint density at radius 1 is 1.08 bits per heavy atom. The third-order valence-electron chi connectivity index (χ3n) is 3.95. The van der Waals surface area contributed by atoms with Crippen molar-refractivity contribution in [3.63, 3.8) is 0 Å². The molecule has 0 radical (unpaired) electrons. The molecule has 1 amide bonds. The van der Waals surface area contributed by atoms with Gasteiger partial charge in [0.25, 0.3) is 5.91 Å². The Hall–Kier alpha value is -2.73. The van der Waals surface area contributed by atoms with E-state index in [2.05, 4.69) is 0 Å². The zero-order valence-corrected chi connectivity index (χ0v) is 14.3. The molecule has 1 atom stereocenters. The molecule has 1 aromatic carbocycles. The lowest BCUT2D eigenvalue weighted by Gasteiger charge is -2.30. The van der Waals surface area contributed by atoms with Crippen LogP contribution in [0, 0.1) is 0 Å². The van der Waals surface area contributed by atoms with E-state index in [1.807, 2.05) is 53.9 Å². The van der Waals surface area contributed by atoms with Gasteiger partial charge < -0.3 is 18.8 Å². The van der Waals surface area contributed by atoms with Crippen LogP contribution in [0.15, 0.2) is 64.6 Å². The summed E-state index contributed by atoms with van der Waals surface area (Å²) in [5, 5.41) is 2.00. The Bertz CT molecular complexity index is 793. The summed E-state index contributed by atoms with van der Waals surface area (Å²) in [7, 11) is 0. The zero-order chi connectivity index (χ0) is 17.1. The van der Waals surface area contributed by atoms with Crippen molar-refractivity contribution in [3.05, 3.63) is 70.8 Å². The third kappa shape index (κ3) is 3.53. The molecule has 0 bridgehead atoms. The predicted molar refractivity (Wildman–Crippen MR) is 93.6 cm³/mol. The van der Waals surface area contributed by atoms with Gasteiger partial charge in [0.2, 0.25) is 6.10 Å². The summed E-state index contributed by atoms with van der Waals surface area (Å²) in [6.45, 7) is 1.11. The summed E-state index contributed by atoms with van der Waals surface area (Å²) in [5.41, 5.74) is 0. The van der Waals surface area contributed by atoms with Crippen LogP contribution in [0.5, 0.6) is 11.5 Å². The van der Waals surface area contributed by atoms with Crippen LogP contribution in [-0.2, 0) is 17.9 Å². The van der Waals surface area contributed by atoms with Crippen LogP contribution in [0.2, 0.25) is 0 Å². The van der Waals surface area contributed by atoms with Crippen molar-refractivity contribution in [3.8, 4) is 11.5 Å². The number of rotatable bonds is 5. The average molecular weight is 355 g/mol. The van der Waals surface area contributed by atoms with Gasteiger partial charge in [-0.2, -0.15) is 0 Å². The molecule has 3 heterocycles.